The van der Waals surface area contributed by atoms with Crippen molar-refractivity contribution in [1.82, 2.24) is 10.2 Å². The molecule has 1 fully saturated rings. The quantitative estimate of drug-likeness (QED) is 0.865. The van der Waals surface area contributed by atoms with Crippen LogP contribution < -0.4 is 5.32 Å². The van der Waals surface area contributed by atoms with Crippen LogP contribution in [-0.2, 0) is 9.59 Å². The van der Waals surface area contributed by atoms with Gasteiger partial charge in [0.25, 0.3) is 5.91 Å². The average molecular weight is 371 g/mol. The van der Waals surface area contributed by atoms with E-state index >= 15 is 0 Å². The van der Waals surface area contributed by atoms with Gasteiger partial charge in [0.2, 0.25) is 5.91 Å². The van der Waals surface area contributed by atoms with Crippen molar-refractivity contribution in [3.63, 3.8) is 0 Å². The van der Waals surface area contributed by atoms with Crippen molar-refractivity contribution in [3.05, 3.63) is 33.8 Å². The van der Waals surface area contributed by atoms with E-state index in [1.807, 2.05) is 0 Å². The van der Waals surface area contributed by atoms with Crippen molar-refractivity contribution in [2.75, 3.05) is 13.1 Å². The summed E-state index contributed by atoms with van der Waals surface area (Å²) in [7, 11) is 0. The Bertz CT molecular complexity index is 641. The van der Waals surface area contributed by atoms with Crippen LogP contribution in [0, 0.1) is 0 Å². The predicted octanol–water partition coefficient (Wildman–Crippen LogP) is 3.08. The minimum absolute atomic E-state index is 0.00666. The molecule has 7 heteroatoms. The summed E-state index contributed by atoms with van der Waals surface area (Å²) in [5.74, 6) is -0.193. The summed E-state index contributed by atoms with van der Waals surface area (Å²) >= 11 is 11.8. The number of piperidine rings is 1. The first-order chi connectivity index (χ1) is 11.4. The maximum Gasteiger partial charge on any atom is 0.253 e. The molecule has 2 rings (SSSR count). The fraction of sp³-hybridized carbons (Fsp3) is 0.471. The lowest BCUT2D eigenvalue weighted by molar-refractivity contribution is -0.125. The second-order valence-electron chi connectivity index (χ2n) is 5.96. The fourth-order valence-corrected chi connectivity index (χ4v) is 2.93. The van der Waals surface area contributed by atoms with Gasteiger partial charge in [0.05, 0.1) is 10.0 Å². The van der Waals surface area contributed by atoms with Crippen molar-refractivity contribution >= 4 is 40.8 Å². The maximum absolute atomic E-state index is 12.5. The number of nitrogens with one attached hydrogen (secondary N) is 1. The van der Waals surface area contributed by atoms with Crippen LogP contribution in [0.1, 0.15) is 43.0 Å². The van der Waals surface area contributed by atoms with E-state index in [4.69, 9.17) is 23.2 Å². The highest BCUT2D eigenvalue weighted by Crippen LogP contribution is 2.24. The Morgan fingerprint density at radius 1 is 1.12 bits per heavy atom. The average Bonchev–Trinajstić information content (AvgIpc) is 2.55. The molecule has 24 heavy (non-hydrogen) atoms. The maximum atomic E-state index is 12.5. The summed E-state index contributed by atoms with van der Waals surface area (Å²) in [4.78, 5) is 36.9. The van der Waals surface area contributed by atoms with Crippen molar-refractivity contribution in [1.29, 1.82) is 0 Å². The van der Waals surface area contributed by atoms with E-state index in [9.17, 15) is 14.4 Å². The van der Waals surface area contributed by atoms with Gasteiger partial charge in [0.1, 0.15) is 5.78 Å². The molecule has 0 aromatic heterocycles. The van der Waals surface area contributed by atoms with Crippen LogP contribution in [0.2, 0.25) is 10.0 Å². The van der Waals surface area contributed by atoms with E-state index in [-0.39, 0.29) is 36.5 Å². The molecular formula is C17H20Cl2N2O3. The highest BCUT2D eigenvalue weighted by Gasteiger charge is 2.24. The van der Waals surface area contributed by atoms with E-state index in [2.05, 4.69) is 5.32 Å². The number of benzene rings is 1. The minimum atomic E-state index is -0.112. The van der Waals surface area contributed by atoms with Gasteiger partial charge >= 0.3 is 0 Å². The van der Waals surface area contributed by atoms with Crippen molar-refractivity contribution in [2.24, 2.45) is 0 Å². The normalized spacial score (nSPS) is 15.2. The molecule has 0 saturated carbocycles. The zero-order valence-corrected chi connectivity index (χ0v) is 15.0. The number of ketones is 1. The number of amides is 2. The third-order valence-corrected chi connectivity index (χ3v) is 4.76. The van der Waals surface area contributed by atoms with Gasteiger partial charge in [-0.25, -0.2) is 0 Å². The number of hydrogen-bond acceptors (Lipinski definition) is 3. The van der Waals surface area contributed by atoms with Gasteiger partial charge in [0.15, 0.2) is 0 Å². The van der Waals surface area contributed by atoms with Gasteiger partial charge in [-0.1, -0.05) is 23.2 Å². The Balaban J connectivity index is 1.83. The Morgan fingerprint density at radius 3 is 2.38 bits per heavy atom. The third-order valence-electron chi connectivity index (χ3n) is 4.02. The highest BCUT2D eigenvalue weighted by atomic mass is 35.5. The van der Waals surface area contributed by atoms with Crippen LogP contribution in [-0.4, -0.2) is 41.6 Å². The van der Waals surface area contributed by atoms with Crippen LogP contribution in [0.15, 0.2) is 18.2 Å². The van der Waals surface area contributed by atoms with Crippen LogP contribution in [0.3, 0.4) is 0 Å². The lowest BCUT2D eigenvalue weighted by Crippen LogP contribution is -2.46. The first-order valence-corrected chi connectivity index (χ1v) is 8.65. The number of carbonyl (C=O) groups excluding carboxylic acids is 3. The zero-order chi connectivity index (χ0) is 17.7. The van der Waals surface area contributed by atoms with Crippen LogP contribution in [0.4, 0.5) is 0 Å². The van der Waals surface area contributed by atoms with Crippen LogP contribution in [0.25, 0.3) is 0 Å². The highest BCUT2D eigenvalue weighted by molar-refractivity contribution is 6.42. The van der Waals surface area contributed by atoms with E-state index in [0.29, 0.717) is 41.5 Å². The van der Waals surface area contributed by atoms with Gasteiger partial charge in [0, 0.05) is 37.5 Å². The molecule has 0 bridgehead atoms. The summed E-state index contributed by atoms with van der Waals surface area (Å²) in [6.45, 7) is 2.61. The number of hydrogen-bond donors (Lipinski definition) is 1. The first-order valence-electron chi connectivity index (χ1n) is 7.90. The Hall–Kier alpha value is -1.59. The van der Waals surface area contributed by atoms with Crippen molar-refractivity contribution in [2.45, 2.75) is 38.6 Å². The summed E-state index contributed by atoms with van der Waals surface area (Å²) in [5, 5.41) is 3.70. The second kappa shape index (κ2) is 8.49. The molecule has 5 nitrogen and oxygen atoms in total. The number of likely N-dealkylation sites (tertiary alicyclic amines) is 1. The smallest absolute Gasteiger partial charge is 0.253 e. The van der Waals surface area contributed by atoms with E-state index in [1.165, 1.54) is 6.92 Å². The lowest BCUT2D eigenvalue weighted by Gasteiger charge is -2.32. The second-order valence-corrected chi connectivity index (χ2v) is 6.78. The number of Topliss-reactive ketones (excluding diaryl/α,β-unsaturated/α-hetero) is 1. The summed E-state index contributed by atoms with van der Waals surface area (Å²) in [5.41, 5.74) is 0.508. The molecule has 1 N–H and O–H groups in total. The summed E-state index contributed by atoms with van der Waals surface area (Å²) in [6, 6.07) is 4.88. The predicted molar refractivity (Wildman–Crippen MR) is 93.4 cm³/mol. The molecule has 2 amide bonds. The fourth-order valence-electron chi connectivity index (χ4n) is 2.63. The molecule has 1 aromatic rings. The van der Waals surface area contributed by atoms with Gasteiger partial charge in [-0.05, 0) is 38.0 Å². The summed E-state index contributed by atoms with van der Waals surface area (Å²) in [6.07, 6.45) is 1.87. The molecule has 0 radical (unpaired) electrons. The molecule has 130 valence electrons. The molecule has 0 atom stereocenters. The lowest BCUT2D eigenvalue weighted by atomic mass is 10.0. The molecule has 1 saturated heterocycles. The van der Waals surface area contributed by atoms with E-state index < -0.39 is 0 Å². The Kier molecular flexibility index (Phi) is 6.63. The standard InChI is InChI=1S/C17H20Cl2N2O3/c1-11(22)2-5-16(23)20-13-6-8-21(9-7-13)17(24)12-3-4-14(18)15(19)10-12/h3-4,10,13H,2,5-9H2,1H3,(H,20,23). The Labute approximate surface area is 151 Å². The Morgan fingerprint density at radius 2 is 1.79 bits per heavy atom. The summed E-state index contributed by atoms with van der Waals surface area (Å²) < 4.78 is 0. The SMILES string of the molecule is CC(=O)CCC(=O)NC1CCN(C(=O)c2ccc(Cl)c(Cl)c2)CC1. The monoisotopic (exact) mass is 370 g/mol. The molecule has 1 aliphatic rings. The van der Waals surface area contributed by atoms with E-state index in [0.717, 1.165) is 0 Å². The van der Waals surface area contributed by atoms with E-state index in [1.54, 1.807) is 23.1 Å². The molecule has 0 spiro atoms. The van der Waals surface area contributed by atoms with Crippen molar-refractivity contribution in [3.8, 4) is 0 Å². The number of nitrogens with zero attached hydrogens (tertiary/aromatic N) is 1. The molecule has 1 aliphatic heterocycles. The molecule has 1 heterocycles. The van der Waals surface area contributed by atoms with Crippen LogP contribution in [0.5, 0.6) is 0 Å². The van der Waals surface area contributed by atoms with Gasteiger partial charge in [-0.3, -0.25) is 9.59 Å². The van der Waals surface area contributed by atoms with Crippen molar-refractivity contribution < 1.29 is 14.4 Å². The minimum Gasteiger partial charge on any atom is -0.353 e. The number of halogens is 2. The topological polar surface area (TPSA) is 66.5 Å². The van der Waals surface area contributed by atoms with Gasteiger partial charge in [-0.15, -0.1) is 0 Å². The number of rotatable bonds is 5. The third kappa shape index (κ3) is 5.21. The zero-order valence-electron chi connectivity index (χ0n) is 13.5. The first kappa shape index (κ1) is 18.7. The van der Waals surface area contributed by atoms with Gasteiger partial charge < -0.3 is 15.0 Å². The van der Waals surface area contributed by atoms with Gasteiger partial charge in [-0.2, -0.15) is 0 Å². The molecular weight excluding hydrogens is 351 g/mol. The largest absolute Gasteiger partial charge is 0.353 e. The number of carbonyl (C=O) groups is 3. The molecule has 0 unspecified atom stereocenters. The van der Waals surface area contributed by atoms with Crippen LogP contribution >= 0.6 is 23.2 Å². The molecule has 1 aromatic carbocycles. The molecule has 0 aliphatic carbocycles.